The van der Waals surface area contributed by atoms with Crippen molar-refractivity contribution in [2.45, 2.75) is 38.8 Å². The van der Waals surface area contributed by atoms with Gasteiger partial charge in [-0.15, -0.1) is 0 Å². The van der Waals surface area contributed by atoms with Crippen LogP contribution in [0.1, 0.15) is 35.3 Å². The molecule has 2 aliphatic rings. The molecule has 0 saturated carbocycles. The lowest BCUT2D eigenvalue weighted by molar-refractivity contribution is -0.0249. The maximum Gasteiger partial charge on any atom is 0.254 e. The normalized spacial score (nSPS) is 26.1. The minimum atomic E-state index is 0.137. The molecule has 1 fully saturated rings. The summed E-state index contributed by atoms with van der Waals surface area (Å²) < 4.78 is 5.52. The first-order chi connectivity index (χ1) is 10.2. The van der Waals surface area contributed by atoms with Gasteiger partial charge in [-0.25, -0.2) is 0 Å². The Morgan fingerprint density at radius 1 is 1.14 bits per heavy atom. The molecule has 21 heavy (non-hydrogen) atoms. The van der Waals surface area contributed by atoms with Crippen LogP contribution >= 0.6 is 0 Å². The Hall–Kier alpha value is -1.39. The first kappa shape index (κ1) is 14.5. The number of carbonyl (C=O) groups is 1. The Morgan fingerprint density at radius 3 is 2.52 bits per heavy atom. The summed E-state index contributed by atoms with van der Waals surface area (Å²) in [5, 5.41) is 3.41. The molecule has 114 valence electrons. The second-order valence-corrected chi connectivity index (χ2v) is 6.18. The van der Waals surface area contributed by atoms with E-state index in [0.717, 1.165) is 31.5 Å². The molecule has 1 N–H and O–H groups in total. The van der Waals surface area contributed by atoms with E-state index in [1.54, 1.807) is 0 Å². The molecule has 0 aromatic heterocycles. The lowest BCUT2D eigenvalue weighted by Crippen LogP contribution is -2.52. The van der Waals surface area contributed by atoms with Crippen molar-refractivity contribution < 1.29 is 9.53 Å². The molecule has 1 amide bonds. The predicted molar refractivity (Wildman–Crippen MR) is 82.6 cm³/mol. The molecule has 0 radical (unpaired) electrons. The van der Waals surface area contributed by atoms with Gasteiger partial charge in [0.25, 0.3) is 5.91 Å². The molecular formula is C17H24N2O2. The first-order valence-electron chi connectivity index (χ1n) is 7.89. The minimum absolute atomic E-state index is 0.137. The van der Waals surface area contributed by atoms with Gasteiger partial charge in [-0.3, -0.25) is 4.79 Å². The van der Waals surface area contributed by atoms with E-state index in [9.17, 15) is 4.79 Å². The van der Waals surface area contributed by atoms with Crippen LogP contribution in [-0.2, 0) is 17.6 Å². The van der Waals surface area contributed by atoms with Crippen LogP contribution in [0, 0.1) is 0 Å². The average molecular weight is 288 g/mol. The molecule has 4 nitrogen and oxygen atoms in total. The van der Waals surface area contributed by atoms with E-state index in [1.807, 2.05) is 11.0 Å². The molecule has 2 aliphatic heterocycles. The summed E-state index contributed by atoms with van der Waals surface area (Å²) in [5.41, 5.74) is 3.51. The first-order valence-corrected chi connectivity index (χ1v) is 7.89. The van der Waals surface area contributed by atoms with Gasteiger partial charge in [0.05, 0.1) is 25.3 Å². The van der Waals surface area contributed by atoms with Crippen molar-refractivity contribution in [3.8, 4) is 0 Å². The van der Waals surface area contributed by atoms with Crippen molar-refractivity contribution in [2.24, 2.45) is 0 Å². The van der Waals surface area contributed by atoms with Crippen LogP contribution in [0.25, 0.3) is 0 Å². The largest absolute Gasteiger partial charge is 0.377 e. The van der Waals surface area contributed by atoms with E-state index in [0.29, 0.717) is 13.2 Å². The summed E-state index contributed by atoms with van der Waals surface area (Å²) in [6.45, 7) is 7.39. The molecule has 1 saturated heterocycles. The van der Waals surface area contributed by atoms with E-state index < -0.39 is 0 Å². The SMILES string of the molecule is C[C@H]1COC[C@H](C)N1C(=O)c1ccc2c(c1)CCNCC2. The number of hydrogen-bond acceptors (Lipinski definition) is 3. The van der Waals surface area contributed by atoms with Crippen LogP contribution in [0.15, 0.2) is 18.2 Å². The van der Waals surface area contributed by atoms with Gasteiger partial charge in [-0.1, -0.05) is 6.07 Å². The van der Waals surface area contributed by atoms with Crippen LogP contribution in [0.5, 0.6) is 0 Å². The van der Waals surface area contributed by atoms with Gasteiger partial charge in [0.2, 0.25) is 0 Å². The summed E-state index contributed by atoms with van der Waals surface area (Å²) >= 11 is 0. The quantitative estimate of drug-likeness (QED) is 0.854. The molecule has 4 heteroatoms. The molecule has 2 atom stereocenters. The maximum atomic E-state index is 12.8. The molecule has 0 bridgehead atoms. The average Bonchev–Trinajstić information content (AvgIpc) is 2.71. The Balaban J connectivity index is 1.86. The number of rotatable bonds is 1. The third kappa shape index (κ3) is 2.97. The topological polar surface area (TPSA) is 41.6 Å². The van der Waals surface area contributed by atoms with Gasteiger partial charge in [0, 0.05) is 5.56 Å². The summed E-state index contributed by atoms with van der Waals surface area (Å²) in [6, 6.07) is 6.50. The zero-order valence-electron chi connectivity index (χ0n) is 12.9. The third-order valence-electron chi connectivity index (χ3n) is 4.50. The number of carbonyl (C=O) groups excluding carboxylic acids is 1. The minimum Gasteiger partial charge on any atom is -0.377 e. The van der Waals surface area contributed by atoms with Gasteiger partial charge in [0.1, 0.15) is 0 Å². The van der Waals surface area contributed by atoms with Crippen LogP contribution in [-0.4, -0.2) is 49.2 Å². The van der Waals surface area contributed by atoms with E-state index >= 15 is 0 Å². The van der Waals surface area contributed by atoms with E-state index in [-0.39, 0.29) is 18.0 Å². The van der Waals surface area contributed by atoms with Crippen molar-refractivity contribution in [2.75, 3.05) is 26.3 Å². The molecule has 1 aromatic carbocycles. The molecular weight excluding hydrogens is 264 g/mol. The Morgan fingerprint density at radius 2 is 1.81 bits per heavy atom. The van der Waals surface area contributed by atoms with Crippen molar-refractivity contribution in [1.29, 1.82) is 0 Å². The highest BCUT2D eigenvalue weighted by Gasteiger charge is 2.30. The number of benzene rings is 1. The second kappa shape index (κ2) is 6.16. The molecule has 0 aliphatic carbocycles. The molecule has 3 rings (SSSR count). The highest BCUT2D eigenvalue weighted by molar-refractivity contribution is 5.95. The standard InChI is InChI=1S/C17H24N2O2/c1-12-10-21-11-13(2)19(12)17(20)16-4-3-14-5-7-18-8-6-15(14)9-16/h3-4,9,12-13,18H,5-8,10-11H2,1-2H3/t12-,13-/m0/s1. The van der Waals surface area contributed by atoms with E-state index in [4.69, 9.17) is 4.74 Å². The number of nitrogens with one attached hydrogen (secondary N) is 1. The molecule has 2 heterocycles. The zero-order valence-corrected chi connectivity index (χ0v) is 12.9. The lowest BCUT2D eigenvalue weighted by Gasteiger charge is -2.39. The van der Waals surface area contributed by atoms with Gasteiger partial charge < -0.3 is 15.0 Å². The molecule has 0 unspecified atom stereocenters. The number of amides is 1. The smallest absolute Gasteiger partial charge is 0.254 e. The number of ether oxygens (including phenoxy) is 1. The number of nitrogens with zero attached hydrogens (tertiary/aromatic N) is 1. The zero-order chi connectivity index (χ0) is 14.8. The van der Waals surface area contributed by atoms with Crippen LogP contribution < -0.4 is 5.32 Å². The third-order valence-corrected chi connectivity index (χ3v) is 4.50. The van der Waals surface area contributed by atoms with Gasteiger partial charge >= 0.3 is 0 Å². The number of hydrogen-bond donors (Lipinski definition) is 1. The van der Waals surface area contributed by atoms with Gasteiger partial charge in [-0.2, -0.15) is 0 Å². The molecule has 1 aromatic rings. The lowest BCUT2D eigenvalue weighted by atomic mass is 9.99. The summed E-state index contributed by atoms with van der Waals surface area (Å²) in [5.74, 6) is 0.137. The predicted octanol–water partition coefficient (Wildman–Crippen LogP) is 1.62. The van der Waals surface area contributed by atoms with E-state index in [1.165, 1.54) is 11.1 Å². The molecule has 0 spiro atoms. The van der Waals surface area contributed by atoms with E-state index in [2.05, 4.69) is 31.3 Å². The fraction of sp³-hybridized carbons (Fsp3) is 0.588. The summed E-state index contributed by atoms with van der Waals surface area (Å²) in [7, 11) is 0. The summed E-state index contributed by atoms with van der Waals surface area (Å²) in [4.78, 5) is 14.8. The highest BCUT2D eigenvalue weighted by atomic mass is 16.5. The highest BCUT2D eigenvalue weighted by Crippen LogP contribution is 2.20. The van der Waals surface area contributed by atoms with Crippen LogP contribution in [0.3, 0.4) is 0 Å². The number of morpholine rings is 1. The maximum absolute atomic E-state index is 12.8. The van der Waals surface area contributed by atoms with Crippen molar-refractivity contribution in [3.05, 3.63) is 34.9 Å². The Bertz CT molecular complexity index is 520. The fourth-order valence-electron chi connectivity index (χ4n) is 3.36. The fourth-order valence-corrected chi connectivity index (χ4v) is 3.36. The Kier molecular flexibility index (Phi) is 4.27. The van der Waals surface area contributed by atoms with Crippen molar-refractivity contribution >= 4 is 5.91 Å². The van der Waals surface area contributed by atoms with Crippen LogP contribution in [0.4, 0.5) is 0 Å². The number of fused-ring (bicyclic) bond motifs is 1. The van der Waals surface area contributed by atoms with Crippen LogP contribution in [0.2, 0.25) is 0 Å². The Labute approximate surface area is 126 Å². The second-order valence-electron chi connectivity index (χ2n) is 6.18. The van der Waals surface area contributed by atoms with Crippen molar-refractivity contribution in [3.63, 3.8) is 0 Å². The van der Waals surface area contributed by atoms with Crippen molar-refractivity contribution in [1.82, 2.24) is 10.2 Å². The van der Waals surface area contributed by atoms with Gasteiger partial charge in [-0.05, 0) is 63.0 Å². The monoisotopic (exact) mass is 288 g/mol. The summed E-state index contributed by atoms with van der Waals surface area (Å²) in [6.07, 6.45) is 2.05. The van der Waals surface area contributed by atoms with Gasteiger partial charge in [0.15, 0.2) is 0 Å².